The van der Waals surface area contributed by atoms with Crippen LogP contribution in [0.3, 0.4) is 0 Å². The minimum atomic E-state index is -0.618. The lowest BCUT2D eigenvalue weighted by Crippen LogP contribution is -2.50. The second kappa shape index (κ2) is 4.39. The van der Waals surface area contributed by atoms with Gasteiger partial charge in [0.25, 0.3) is 5.91 Å². The number of carbonyl (C=O) groups is 2. The lowest BCUT2D eigenvalue weighted by atomic mass is 10.0. The monoisotopic (exact) mass is 201 g/mol. The van der Waals surface area contributed by atoms with Crippen molar-refractivity contribution >= 4 is 11.8 Å². The first-order valence-electron chi connectivity index (χ1n) is 4.50. The molecule has 0 spiro atoms. The zero-order chi connectivity index (χ0) is 10.7. The van der Waals surface area contributed by atoms with Crippen LogP contribution in [0.4, 0.5) is 0 Å². The van der Waals surface area contributed by atoms with Crippen molar-refractivity contribution in [2.75, 3.05) is 6.61 Å². The molecule has 0 saturated carbocycles. The molecule has 0 aliphatic carbocycles. The van der Waals surface area contributed by atoms with Crippen molar-refractivity contribution in [3.8, 4) is 0 Å². The number of carbonyl (C=O) groups excluding carboxylic acids is 2. The molecule has 80 valence electrons. The van der Waals surface area contributed by atoms with E-state index in [0.717, 1.165) is 0 Å². The average molecular weight is 201 g/mol. The Morgan fingerprint density at radius 1 is 1.71 bits per heavy atom. The Kier molecular flexibility index (Phi) is 3.43. The molecule has 1 rings (SSSR count). The fourth-order valence-corrected chi connectivity index (χ4v) is 1.02. The van der Waals surface area contributed by atoms with Crippen LogP contribution in [0.15, 0.2) is 0 Å². The van der Waals surface area contributed by atoms with Gasteiger partial charge < -0.3 is 11.1 Å². The van der Waals surface area contributed by atoms with Gasteiger partial charge >= 0.3 is 0 Å². The van der Waals surface area contributed by atoms with E-state index in [9.17, 15) is 9.59 Å². The number of amides is 2. The quantitative estimate of drug-likeness (QED) is 0.519. The number of nitrogens with two attached hydrogens (primary N) is 1. The summed E-state index contributed by atoms with van der Waals surface area (Å²) in [5.41, 5.74) is 7.75. The van der Waals surface area contributed by atoms with Gasteiger partial charge in [0.05, 0.1) is 6.04 Å². The Labute approximate surface area is 82.1 Å². The molecule has 0 radical (unpaired) electrons. The topological polar surface area (TPSA) is 93.5 Å². The average Bonchev–Trinajstić information content (AvgIpc) is 2.50. The molecule has 6 nitrogen and oxygen atoms in total. The van der Waals surface area contributed by atoms with Crippen LogP contribution < -0.4 is 16.5 Å². The normalized spacial score (nSPS) is 23.4. The molecule has 1 fully saturated rings. The molecule has 0 aromatic heterocycles. The first kappa shape index (κ1) is 10.9. The van der Waals surface area contributed by atoms with Gasteiger partial charge in [0.15, 0.2) is 0 Å². The molecule has 14 heavy (non-hydrogen) atoms. The van der Waals surface area contributed by atoms with Crippen molar-refractivity contribution in [2.24, 2.45) is 11.7 Å². The Hall–Kier alpha value is -1.14. The molecule has 1 heterocycles. The molecule has 2 atom stereocenters. The largest absolute Gasteiger partial charge is 0.341 e. The Balaban J connectivity index is 2.44. The molecule has 0 aromatic carbocycles. The smallest absolute Gasteiger partial charge is 0.268 e. The number of nitrogens with one attached hydrogen (secondary N) is 2. The van der Waals surface area contributed by atoms with E-state index in [4.69, 9.17) is 5.73 Å². The molecular weight excluding hydrogens is 186 g/mol. The number of hydrogen-bond donors (Lipinski definition) is 3. The summed E-state index contributed by atoms with van der Waals surface area (Å²) in [5.74, 6) is -0.625. The SMILES string of the molecule is CC(C)C(N)C(=O)N[C@@H]1CONC1=O. The zero-order valence-corrected chi connectivity index (χ0v) is 8.24. The van der Waals surface area contributed by atoms with Crippen LogP contribution in [0, 0.1) is 5.92 Å². The van der Waals surface area contributed by atoms with E-state index in [1.807, 2.05) is 13.8 Å². The summed E-state index contributed by atoms with van der Waals surface area (Å²) in [5, 5.41) is 2.51. The van der Waals surface area contributed by atoms with E-state index < -0.39 is 12.1 Å². The molecule has 1 aliphatic heterocycles. The lowest BCUT2D eigenvalue weighted by molar-refractivity contribution is -0.129. The maximum atomic E-state index is 11.4. The van der Waals surface area contributed by atoms with Crippen LogP contribution in [0.1, 0.15) is 13.8 Å². The van der Waals surface area contributed by atoms with Crippen LogP contribution >= 0.6 is 0 Å². The van der Waals surface area contributed by atoms with Crippen LogP contribution in [-0.4, -0.2) is 30.5 Å². The molecule has 0 bridgehead atoms. The molecular formula is C8H15N3O3. The van der Waals surface area contributed by atoms with E-state index in [1.54, 1.807) is 0 Å². The lowest BCUT2D eigenvalue weighted by Gasteiger charge is -2.16. The van der Waals surface area contributed by atoms with Gasteiger partial charge in [-0.1, -0.05) is 13.8 Å². The number of hydroxylamine groups is 1. The van der Waals surface area contributed by atoms with Crippen LogP contribution in [-0.2, 0) is 14.4 Å². The highest BCUT2D eigenvalue weighted by molar-refractivity contribution is 5.90. The van der Waals surface area contributed by atoms with Crippen molar-refractivity contribution in [1.29, 1.82) is 0 Å². The summed E-state index contributed by atoms with van der Waals surface area (Å²) < 4.78 is 0. The minimum Gasteiger partial charge on any atom is -0.341 e. The number of rotatable bonds is 3. The maximum Gasteiger partial charge on any atom is 0.268 e. The van der Waals surface area contributed by atoms with Crippen LogP contribution in [0.25, 0.3) is 0 Å². The first-order valence-corrected chi connectivity index (χ1v) is 4.50. The third-order valence-corrected chi connectivity index (χ3v) is 2.08. The van der Waals surface area contributed by atoms with E-state index in [2.05, 4.69) is 15.6 Å². The summed E-state index contributed by atoms with van der Waals surface area (Å²) in [7, 11) is 0. The molecule has 4 N–H and O–H groups in total. The van der Waals surface area contributed by atoms with Gasteiger partial charge in [-0.2, -0.15) is 0 Å². The van der Waals surface area contributed by atoms with Crippen LogP contribution in [0.2, 0.25) is 0 Å². The van der Waals surface area contributed by atoms with Crippen LogP contribution in [0.5, 0.6) is 0 Å². The van der Waals surface area contributed by atoms with Crippen molar-refractivity contribution in [3.05, 3.63) is 0 Å². The molecule has 6 heteroatoms. The van der Waals surface area contributed by atoms with Gasteiger partial charge in [-0.15, -0.1) is 0 Å². The fourth-order valence-electron chi connectivity index (χ4n) is 1.02. The second-order valence-corrected chi connectivity index (χ2v) is 3.61. The van der Waals surface area contributed by atoms with E-state index >= 15 is 0 Å². The van der Waals surface area contributed by atoms with E-state index in [1.165, 1.54) is 0 Å². The minimum absolute atomic E-state index is 0.0420. The summed E-state index contributed by atoms with van der Waals surface area (Å²) in [6, 6.07) is -1.21. The van der Waals surface area contributed by atoms with Crippen molar-refractivity contribution < 1.29 is 14.4 Å². The molecule has 1 aliphatic rings. The molecule has 0 aromatic rings. The summed E-state index contributed by atoms with van der Waals surface area (Å²) in [6.45, 7) is 3.83. The predicted molar refractivity (Wildman–Crippen MR) is 48.8 cm³/mol. The summed E-state index contributed by atoms with van der Waals surface area (Å²) in [4.78, 5) is 27.1. The third-order valence-electron chi connectivity index (χ3n) is 2.08. The van der Waals surface area contributed by atoms with Gasteiger partial charge in [0.1, 0.15) is 12.6 Å². The van der Waals surface area contributed by atoms with Gasteiger partial charge in [0, 0.05) is 0 Å². The zero-order valence-electron chi connectivity index (χ0n) is 8.24. The van der Waals surface area contributed by atoms with Crippen molar-refractivity contribution in [1.82, 2.24) is 10.8 Å². The van der Waals surface area contributed by atoms with E-state index in [-0.39, 0.29) is 24.3 Å². The predicted octanol–water partition coefficient (Wildman–Crippen LogP) is -1.48. The van der Waals surface area contributed by atoms with Gasteiger partial charge in [-0.25, -0.2) is 5.48 Å². The summed E-state index contributed by atoms with van der Waals surface area (Å²) in [6.07, 6.45) is 0. The Morgan fingerprint density at radius 3 is 2.79 bits per heavy atom. The highest BCUT2D eigenvalue weighted by Crippen LogP contribution is 2.00. The highest BCUT2D eigenvalue weighted by Gasteiger charge is 2.29. The maximum absolute atomic E-state index is 11.4. The van der Waals surface area contributed by atoms with Gasteiger partial charge in [0.2, 0.25) is 5.91 Å². The Bertz CT molecular complexity index is 242. The fraction of sp³-hybridized carbons (Fsp3) is 0.750. The van der Waals surface area contributed by atoms with Crippen molar-refractivity contribution in [3.63, 3.8) is 0 Å². The third kappa shape index (κ3) is 2.43. The standard InChI is InChI=1S/C8H15N3O3/c1-4(2)6(9)8(13)10-5-3-14-11-7(5)12/h4-6H,3,9H2,1-2H3,(H,10,13)(H,11,12)/t5-,6?/m1/s1. The molecule has 1 unspecified atom stereocenters. The highest BCUT2D eigenvalue weighted by atomic mass is 16.7. The summed E-state index contributed by atoms with van der Waals surface area (Å²) >= 11 is 0. The van der Waals surface area contributed by atoms with Gasteiger partial charge in [-0.05, 0) is 5.92 Å². The second-order valence-electron chi connectivity index (χ2n) is 3.61. The van der Waals surface area contributed by atoms with E-state index in [0.29, 0.717) is 0 Å². The number of hydrogen-bond acceptors (Lipinski definition) is 4. The first-order chi connectivity index (χ1) is 6.52. The van der Waals surface area contributed by atoms with Gasteiger partial charge in [-0.3, -0.25) is 14.4 Å². The molecule has 2 amide bonds. The van der Waals surface area contributed by atoms with Crippen molar-refractivity contribution in [2.45, 2.75) is 25.9 Å². The molecule has 1 saturated heterocycles. The Morgan fingerprint density at radius 2 is 2.36 bits per heavy atom.